The number of anilines is 1. The average Bonchev–Trinajstić information content (AvgIpc) is 2.27. The van der Waals surface area contributed by atoms with E-state index in [9.17, 15) is 9.90 Å². The number of benzene rings is 1. The van der Waals surface area contributed by atoms with Crippen molar-refractivity contribution in [1.82, 2.24) is 0 Å². The summed E-state index contributed by atoms with van der Waals surface area (Å²) in [4.78, 5) is 11.7. The molecule has 112 valence electrons. The number of amides is 1. The van der Waals surface area contributed by atoms with Gasteiger partial charge in [-0.2, -0.15) is 0 Å². The summed E-state index contributed by atoms with van der Waals surface area (Å²) in [7, 11) is 0. The molecule has 4 nitrogen and oxygen atoms in total. The number of carbonyl (C=O) groups excluding carboxylic acids is 1. The first kappa shape index (κ1) is 16.8. The number of hydrogen-bond donors (Lipinski definition) is 2. The van der Waals surface area contributed by atoms with Crippen LogP contribution in [0.15, 0.2) is 18.2 Å². The summed E-state index contributed by atoms with van der Waals surface area (Å²) >= 11 is 6.05. The molecule has 1 rings (SSSR count). The van der Waals surface area contributed by atoms with Crippen molar-refractivity contribution < 1.29 is 14.6 Å². The van der Waals surface area contributed by atoms with Crippen LogP contribution >= 0.6 is 11.6 Å². The number of ether oxygens (including phenoxy) is 1. The lowest BCUT2D eigenvalue weighted by Crippen LogP contribution is -2.27. The molecule has 0 fully saturated rings. The summed E-state index contributed by atoms with van der Waals surface area (Å²) < 4.78 is 5.19. The molecule has 2 N–H and O–H groups in total. The molecular weight excluding hydrogens is 278 g/mol. The second-order valence-electron chi connectivity index (χ2n) is 5.83. The highest BCUT2D eigenvalue weighted by Crippen LogP contribution is 2.24. The molecule has 5 heteroatoms. The lowest BCUT2D eigenvalue weighted by Gasteiger charge is -2.20. The van der Waals surface area contributed by atoms with Crippen molar-refractivity contribution in [1.29, 1.82) is 0 Å². The Hall–Kier alpha value is -1.26. The highest BCUT2D eigenvalue weighted by Gasteiger charge is 2.17. The molecule has 1 aromatic rings. The molecule has 1 aromatic carbocycles. The van der Waals surface area contributed by atoms with Gasteiger partial charge in [-0.15, -0.1) is 0 Å². The van der Waals surface area contributed by atoms with Crippen molar-refractivity contribution in [3.63, 3.8) is 0 Å². The smallest absolute Gasteiger partial charge is 0.412 e. The maximum absolute atomic E-state index is 11.7. The van der Waals surface area contributed by atoms with E-state index in [-0.39, 0.29) is 6.10 Å². The molecule has 0 aliphatic rings. The first-order valence-electron chi connectivity index (χ1n) is 6.64. The molecule has 0 saturated carbocycles. The Labute approximate surface area is 125 Å². The van der Waals surface area contributed by atoms with Crippen LogP contribution in [0.3, 0.4) is 0 Å². The fourth-order valence-corrected chi connectivity index (χ4v) is 1.78. The number of carbonyl (C=O) groups is 1. The van der Waals surface area contributed by atoms with Gasteiger partial charge in [0.25, 0.3) is 0 Å². The molecule has 0 heterocycles. The highest BCUT2D eigenvalue weighted by atomic mass is 35.5. The third-order valence-electron chi connectivity index (χ3n) is 2.52. The number of rotatable bonds is 4. The molecule has 0 aliphatic carbocycles. The zero-order valence-electron chi connectivity index (χ0n) is 12.4. The number of aliphatic hydroxyl groups excluding tert-OH is 1. The first-order valence-corrected chi connectivity index (χ1v) is 7.01. The van der Waals surface area contributed by atoms with Crippen LogP contribution in [-0.4, -0.2) is 22.9 Å². The van der Waals surface area contributed by atoms with Crippen LogP contribution < -0.4 is 5.32 Å². The Kier molecular flexibility index (Phi) is 5.84. The van der Waals surface area contributed by atoms with E-state index >= 15 is 0 Å². The van der Waals surface area contributed by atoms with Crippen molar-refractivity contribution in [2.24, 2.45) is 0 Å². The lowest BCUT2D eigenvalue weighted by atomic mass is 10.1. The summed E-state index contributed by atoms with van der Waals surface area (Å²) in [6, 6.07) is 5.41. The van der Waals surface area contributed by atoms with Crippen LogP contribution in [0.1, 0.15) is 39.7 Å². The van der Waals surface area contributed by atoms with E-state index < -0.39 is 11.7 Å². The minimum Gasteiger partial charge on any atom is -0.444 e. The predicted molar refractivity (Wildman–Crippen MR) is 81.3 cm³/mol. The second-order valence-corrected chi connectivity index (χ2v) is 6.24. The van der Waals surface area contributed by atoms with E-state index in [1.165, 1.54) is 0 Å². The van der Waals surface area contributed by atoms with Gasteiger partial charge in [0.2, 0.25) is 0 Å². The fraction of sp³-hybridized carbons (Fsp3) is 0.533. The summed E-state index contributed by atoms with van der Waals surface area (Å²) in [6.07, 6.45) is 0.491. The molecule has 0 unspecified atom stereocenters. The monoisotopic (exact) mass is 299 g/mol. The lowest BCUT2D eigenvalue weighted by molar-refractivity contribution is 0.0636. The SMILES string of the molecule is C[C@H](O)CCc1ccc(Cl)c(NC(=O)OC(C)(C)C)c1. The Morgan fingerprint density at radius 1 is 1.45 bits per heavy atom. The number of aliphatic hydroxyl groups is 1. The molecular formula is C15H22ClNO3. The quantitative estimate of drug-likeness (QED) is 0.883. The first-order chi connectivity index (χ1) is 9.17. The van der Waals surface area contributed by atoms with E-state index in [0.29, 0.717) is 17.1 Å². The van der Waals surface area contributed by atoms with Gasteiger partial charge < -0.3 is 9.84 Å². The van der Waals surface area contributed by atoms with Crippen LogP contribution in [0, 0.1) is 0 Å². The number of halogens is 1. The van der Waals surface area contributed by atoms with E-state index in [1.807, 2.05) is 6.07 Å². The van der Waals surface area contributed by atoms with Gasteiger partial charge in [0.05, 0.1) is 16.8 Å². The third kappa shape index (κ3) is 6.26. The maximum atomic E-state index is 11.7. The zero-order valence-corrected chi connectivity index (χ0v) is 13.1. The van der Waals surface area contributed by atoms with Crippen LogP contribution in [0.2, 0.25) is 5.02 Å². The van der Waals surface area contributed by atoms with Crippen LogP contribution in [0.25, 0.3) is 0 Å². The topological polar surface area (TPSA) is 58.6 Å². The van der Waals surface area contributed by atoms with Crippen molar-refractivity contribution in [3.8, 4) is 0 Å². The molecule has 0 saturated heterocycles. The van der Waals surface area contributed by atoms with Crippen LogP contribution in [0.4, 0.5) is 10.5 Å². The molecule has 0 aromatic heterocycles. The van der Waals surface area contributed by atoms with Gasteiger partial charge >= 0.3 is 6.09 Å². The Bertz CT molecular complexity index is 467. The molecule has 0 bridgehead atoms. The van der Waals surface area contributed by atoms with Crippen molar-refractivity contribution >= 4 is 23.4 Å². The van der Waals surface area contributed by atoms with Crippen LogP contribution in [-0.2, 0) is 11.2 Å². The van der Waals surface area contributed by atoms with Gasteiger partial charge in [-0.05, 0) is 58.2 Å². The minimum atomic E-state index is -0.555. The summed E-state index contributed by atoms with van der Waals surface area (Å²) in [5.41, 5.74) is 0.964. The molecule has 0 spiro atoms. The Morgan fingerprint density at radius 2 is 2.10 bits per heavy atom. The van der Waals surface area contributed by atoms with Gasteiger partial charge in [0.15, 0.2) is 0 Å². The van der Waals surface area contributed by atoms with Gasteiger partial charge in [0, 0.05) is 0 Å². The second kappa shape index (κ2) is 6.95. The average molecular weight is 300 g/mol. The van der Waals surface area contributed by atoms with Crippen molar-refractivity contribution in [2.75, 3.05) is 5.32 Å². The van der Waals surface area contributed by atoms with Gasteiger partial charge in [-0.1, -0.05) is 17.7 Å². The highest BCUT2D eigenvalue weighted by molar-refractivity contribution is 6.33. The van der Waals surface area contributed by atoms with Gasteiger partial charge in [-0.3, -0.25) is 5.32 Å². The summed E-state index contributed by atoms with van der Waals surface area (Å²) in [5.74, 6) is 0. The number of aryl methyl sites for hydroxylation is 1. The fourth-order valence-electron chi connectivity index (χ4n) is 1.61. The van der Waals surface area contributed by atoms with Crippen molar-refractivity contribution in [3.05, 3.63) is 28.8 Å². The molecule has 1 atom stereocenters. The third-order valence-corrected chi connectivity index (χ3v) is 2.85. The Morgan fingerprint density at radius 3 is 2.65 bits per heavy atom. The molecule has 0 radical (unpaired) electrons. The summed E-state index contributed by atoms with van der Waals surface area (Å²) in [5, 5.41) is 12.4. The zero-order chi connectivity index (χ0) is 15.3. The standard InChI is InChI=1S/C15H22ClNO3/c1-10(18)5-6-11-7-8-12(16)13(9-11)17-14(19)20-15(2,3)4/h7-10,18H,5-6H2,1-4H3,(H,17,19)/t10-/m0/s1. The van der Waals surface area contributed by atoms with Gasteiger partial charge in [0.1, 0.15) is 5.60 Å². The number of nitrogens with one attached hydrogen (secondary N) is 1. The molecule has 1 amide bonds. The number of hydrogen-bond acceptors (Lipinski definition) is 3. The van der Waals surface area contributed by atoms with E-state index in [2.05, 4.69) is 5.32 Å². The normalized spacial score (nSPS) is 12.9. The largest absolute Gasteiger partial charge is 0.444 e. The minimum absolute atomic E-state index is 0.354. The van der Waals surface area contributed by atoms with E-state index in [4.69, 9.17) is 16.3 Å². The van der Waals surface area contributed by atoms with Gasteiger partial charge in [-0.25, -0.2) is 4.79 Å². The van der Waals surface area contributed by atoms with Crippen LogP contribution in [0.5, 0.6) is 0 Å². The summed E-state index contributed by atoms with van der Waals surface area (Å²) in [6.45, 7) is 7.14. The van der Waals surface area contributed by atoms with E-state index in [1.54, 1.807) is 39.8 Å². The maximum Gasteiger partial charge on any atom is 0.412 e. The predicted octanol–water partition coefficient (Wildman–Crippen LogP) is 4.00. The molecule has 20 heavy (non-hydrogen) atoms. The molecule has 0 aliphatic heterocycles. The van der Waals surface area contributed by atoms with E-state index in [0.717, 1.165) is 12.0 Å². The van der Waals surface area contributed by atoms with Crippen molar-refractivity contribution in [2.45, 2.75) is 52.2 Å². The Balaban J connectivity index is 2.73.